The molecular formula is C49H81N5O7S. The van der Waals surface area contributed by atoms with Crippen LogP contribution in [0.25, 0.3) is 0 Å². The van der Waals surface area contributed by atoms with Gasteiger partial charge in [-0.15, -0.1) is 11.3 Å². The van der Waals surface area contributed by atoms with E-state index in [-0.39, 0.29) is 72.0 Å². The normalized spacial score (nSPS) is 18.4. The predicted octanol–water partition coefficient (Wildman–Crippen LogP) is 7.99. The fourth-order valence-corrected chi connectivity index (χ4v) is 10.5. The number of amides is 2. The van der Waals surface area contributed by atoms with Crippen molar-refractivity contribution in [3.63, 3.8) is 0 Å². The van der Waals surface area contributed by atoms with Crippen LogP contribution in [0.2, 0.25) is 0 Å². The van der Waals surface area contributed by atoms with Gasteiger partial charge in [-0.25, -0.2) is 10.9 Å². The van der Waals surface area contributed by atoms with Crippen molar-refractivity contribution in [3.05, 3.63) is 52.5 Å². The van der Waals surface area contributed by atoms with Gasteiger partial charge in [0.05, 0.1) is 48.4 Å². The van der Waals surface area contributed by atoms with Gasteiger partial charge in [0.2, 0.25) is 11.8 Å². The molecule has 0 saturated carbocycles. The monoisotopic (exact) mass is 884 g/mol. The summed E-state index contributed by atoms with van der Waals surface area (Å²) in [5.41, 5.74) is 1.16. The number of benzene rings is 1. The molecule has 1 aromatic carbocycles. The molecule has 0 unspecified atom stereocenters. The molecule has 0 radical (unpaired) electrons. The second-order valence-corrected chi connectivity index (χ2v) is 19.4. The summed E-state index contributed by atoms with van der Waals surface area (Å²) in [6.07, 6.45) is 8.21. The van der Waals surface area contributed by atoms with E-state index in [2.05, 4.69) is 54.5 Å². The van der Waals surface area contributed by atoms with Crippen LogP contribution in [-0.4, -0.2) is 121 Å². The number of unbranched alkanes of at least 4 members (excludes halogenated alkanes) is 3. The van der Waals surface area contributed by atoms with Crippen LogP contribution in [0.1, 0.15) is 129 Å². The van der Waals surface area contributed by atoms with Gasteiger partial charge in [-0.2, -0.15) is 0 Å². The molecule has 1 aliphatic heterocycles. The number of aromatic nitrogens is 1. The molecule has 9 atom stereocenters. The maximum absolute atomic E-state index is 14.6. The van der Waals surface area contributed by atoms with Gasteiger partial charge in [0.1, 0.15) is 5.78 Å². The Morgan fingerprint density at radius 2 is 1.60 bits per heavy atom. The van der Waals surface area contributed by atoms with Crippen molar-refractivity contribution in [2.75, 3.05) is 48.0 Å². The molecule has 1 saturated heterocycles. The SMILES string of the molecule is CC[C@H](C)[C@@H]([C@@H](CC(=O)N1CCC[C@H]1[C@H](OC)[C@@H](C)C(=O)C[C@@H](Cc1ccccc1)c1nccs1)OC)N(C)C(=O)[C@@H](CC(=O)[C@H](C(C)C)N(C)CCCCCCON)C(C)C. The van der Waals surface area contributed by atoms with Crippen LogP contribution in [0.15, 0.2) is 41.9 Å². The van der Waals surface area contributed by atoms with E-state index in [1.54, 1.807) is 43.7 Å². The summed E-state index contributed by atoms with van der Waals surface area (Å²) in [6, 6.07) is 9.21. The minimum atomic E-state index is -0.584. The van der Waals surface area contributed by atoms with Gasteiger partial charge in [0.25, 0.3) is 0 Å². The highest BCUT2D eigenvalue weighted by Gasteiger charge is 2.43. The number of ketones is 2. The van der Waals surface area contributed by atoms with Gasteiger partial charge in [-0.1, -0.05) is 98.1 Å². The van der Waals surface area contributed by atoms with Crippen molar-refractivity contribution in [2.45, 2.75) is 155 Å². The Hall–Kier alpha value is -3.07. The summed E-state index contributed by atoms with van der Waals surface area (Å²) in [5.74, 6) is 4.15. The van der Waals surface area contributed by atoms with Crippen LogP contribution in [-0.2, 0) is 39.9 Å². The molecule has 3 rings (SSSR count). The van der Waals surface area contributed by atoms with Crippen LogP contribution in [0, 0.1) is 29.6 Å². The van der Waals surface area contributed by atoms with Crippen molar-refractivity contribution < 1.29 is 33.5 Å². The van der Waals surface area contributed by atoms with Crippen molar-refractivity contribution in [3.8, 4) is 0 Å². The summed E-state index contributed by atoms with van der Waals surface area (Å²) in [5, 5.41) is 2.89. The minimum Gasteiger partial charge on any atom is -0.379 e. The summed E-state index contributed by atoms with van der Waals surface area (Å²) in [4.78, 5) is 72.3. The minimum absolute atomic E-state index is 0.0107. The van der Waals surface area contributed by atoms with Gasteiger partial charge >= 0.3 is 0 Å². The van der Waals surface area contributed by atoms with Crippen molar-refractivity contribution in [1.82, 2.24) is 19.7 Å². The number of likely N-dealkylation sites (tertiary alicyclic amines) is 1. The molecule has 2 heterocycles. The van der Waals surface area contributed by atoms with Gasteiger partial charge in [-0.3, -0.25) is 24.1 Å². The van der Waals surface area contributed by atoms with Crippen LogP contribution in [0.3, 0.4) is 0 Å². The number of rotatable bonds is 30. The molecule has 13 heteroatoms. The second-order valence-electron chi connectivity index (χ2n) is 18.5. The number of nitrogens with two attached hydrogens (primary N) is 1. The first-order valence-corrected chi connectivity index (χ1v) is 24.1. The highest BCUT2D eigenvalue weighted by atomic mass is 32.1. The van der Waals surface area contributed by atoms with Gasteiger partial charge in [0.15, 0.2) is 5.78 Å². The number of carbonyl (C=O) groups excluding carboxylic acids is 4. The van der Waals surface area contributed by atoms with E-state index in [4.69, 9.17) is 15.4 Å². The third-order valence-corrected chi connectivity index (χ3v) is 14.4. The van der Waals surface area contributed by atoms with Crippen molar-refractivity contribution in [1.29, 1.82) is 0 Å². The number of methoxy groups -OCH3 is 2. The first-order valence-electron chi connectivity index (χ1n) is 23.2. The van der Waals surface area contributed by atoms with Gasteiger partial charge in [-0.05, 0) is 69.0 Å². The highest BCUT2D eigenvalue weighted by molar-refractivity contribution is 7.09. The first-order chi connectivity index (χ1) is 29.6. The Labute approximate surface area is 378 Å². The maximum Gasteiger partial charge on any atom is 0.226 e. The van der Waals surface area contributed by atoms with E-state index in [1.807, 2.05) is 56.3 Å². The number of hydrogen-bond donors (Lipinski definition) is 1. The average Bonchev–Trinajstić information content (AvgIpc) is 3.97. The lowest BCUT2D eigenvalue weighted by molar-refractivity contribution is -0.149. The third-order valence-electron chi connectivity index (χ3n) is 13.4. The molecular weight excluding hydrogens is 803 g/mol. The molecule has 62 heavy (non-hydrogen) atoms. The predicted molar refractivity (Wildman–Crippen MR) is 249 cm³/mol. The number of carbonyl (C=O) groups is 4. The third kappa shape index (κ3) is 15.3. The van der Waals surface area contributed by atoms with Crippen molar-refractivity contribution in [2.24, 2.45) is 35.5 Å². The lowest BCUT2D eigenvalue weighted by Crippen LogP contribution is -2.54. The van der Waals surface area contributed by atoms with Crippen molar-refractivity contribution >= 4 is 34.7 Å². The number of thiazole rings is 1. The number of ether oxygens (including phenoxy) is 2. The fraction of sp³-hybridized carbons (Fsp3) is 0.735. The molecule has 0 aliphatic carbocycles. The van der Waals surface area contributed by atoms with E-state index in [9.17, 15) is 19.2 Å². The zero-order valence-electron chi connectivity index (χ0n) is 39.9. The summed E-state index contributed by atoms with van der Waals surface area (Å²) >= 11 is 1.57. The van der Waals surface area contributed by atoms with E-state index < -0.39 is 30.1 Å². The van der Waals surface area contributed by atoms with Crippen LogP contribution in [0.5, 0.6) is 0 Å². The van der Waals surface area contributed by atoms with E-state index in [0.717, 1.165) is 62.1 Å². The summed E-state index contributed by atoms with van der Waals surface area (Å²) < 4.78 is 12.3. The average molecular weight is 884 g/mol. The first kappa shape index (κ1) is 53.3. The Kier molecular flexibility index (Phi) is 23.5. The zero-order chi connectivity index (χ0) is 45.9. The number of hydrogen-bond acceptors (Lipinski definition) is 11. The number of Topliss-reactive ketones (excluding diaryl/α,β-unsaturated/α-hetero) is 2. The highest BCUT2D eigenvalue weighted by Crippen LogP contribution is 2.33. The second kappa shape index (κ2) is 27.3. The van der Waals surface area contributed by atoms with Gasteiger partial charge < -0.3 is 24.1 Å². The summed E-state index contributed by atoms with van der Waals surface area (Å²) in [6.45, 7) is 16.2. The molecule has 2 N–H and O–H groups in total. The molecule has 1 aliphatic rings. The smallest absolute Gasteiger partial charge is 0.226 e. The van der Waals surface area contributed by atoms with E-state index in [1.165, 1.54) is 0 Å². The molecule has 0 bridgehead atoms. The topological polar surface area (TPSA) is 145 Å². The Morgan fingerprint density at radius 1 is 0.903 bits per heavy atom. The standard InChI is InChI=1S/C49H81N5O7S/c1-12-35(6)46(53(9)49(58)39(33(2)3)31-42(56)45(34(4)5)52(8)25-18-13-14-19-27-61-50)43(59-10)32-44(57)54-26-20-23-40(54)47(60-11)36(7)41(55)30-38(48-51-24-28-62-48)29-37-21-16-15-17-22-37/h15-17,21-22,24,28,33-36,38-40,43,45-47H,12-14,18-20,23,25-27,29-32,50H2,1-11H3/t35-,36-,38+,39-,40-,43+,45-,46-,47+/m0/s1. The van der Waals surface area contributed by atoms with Crippen LogP contribution < -0.4 is 5.90 Å². The summed E-state index contributed by atoms with van der Waals surface area (Å²) in [7, 11) is 7.06. The maximum atomic E-state index is 14.6. The van der Waals surface area contributed by atoms with E-state index >= 15 is 0 Å². The molecule has 2 aromatic rings. The van der Waals surface area contributed by atoms with Gasteiger partial charge in [0, 0.05) is 70.0 Å². The lowest BCUT2D eigenvalue weighted by atomic mass is 9.83. The molecule has 1 aromatic heterocycles. The Bertz CT molecular complexity index is 1610. The Morgan fingerprint density at radius 3 is 2.18 bits per heavy atom. The largest absolute Gasteiger partial charge is 0.379 e. The zero-order valence-corrected chi connectivity index (χ0v) is 40.7. The fourth-order valence-electron chi connectivity index (χ4n) is 9.72. The van der Waals surface area contributed by atoms with E-state index in [0.29, 0.717) is 26.0 Å². The molecule has 0 spiro atoms. The number of nitrogens with zero attached hydrogens (tertiary/aromatic N) is 4. The molecule has 12 nitrogen and oxygen atoms in total. The quantitative estimate of drug-likeness (QED) is 0.0606. The lowest BCUT2D eigenvalue weighted by Gasteiger charge is -2.41. The number of likely N-dealkylation sites (N-methyl/N-ethyl adjacent to an activating group) is 2. The van der Waals surface area contributed by atoms with Crippen LogP contribution >= 0.6 is 11.3 Å². The molecule has 2 amide bonds. The van der Waals surface area contributed by atoms with Crippen LogP contribution in [0.4, 0.5) is 0 Å². The molecule has 350 valence electrons. The molecule has 1 fully saturated rings. The Balaban J connectivity index is 1.75.